The number of nitrogens with zero attached hydrogens (tertiary/aromatic N) is 2. The number of amides is 2. The molecule has 0 saturated carbocycles. The molecule has 0 unspecified atom stereocenters. The van der Waals surface area contributed by atoms with Crippen molar-refractivity contribution in [2.45, 2.75) is 51.9 Å². The van der Waals surface area contributed by atoms with Crippen LogP contribution >= 0.6 is 0 Å². The zero-order valence-corrected chi connectivity index (χ0v) is 13.1. The lowest BCUT2D eigenvalue weighted by Gasteiger charge is -2.42. The van der Waals surface area contributed by atoms with Crippen molar-refractivity contribution in [2.24, 2.45) is 5.41 Å². The summed E-state index contributed by atoms with van der Waals surface area (Å²) in [7, 11) is 0. The standard InChI is InChI=1S/C16H28N2O3/c1-2-7-16(13-19)8-4-10-18(12-16)15(21)6-11-17-9-3-5-14(17)20/h19H,2-13H2,1H3/t16-/m0/s1. The molecular weight excluding hydrogens is 268 g/mol. The minimum Gasteiger partial charge on any atom is -0.396 e. The van der Waals surface area contributed by atoms with Crippen LogP contribution in [0.3, 0.4) is 0 Å². The molecule has 1 atom stereocenters. The minimum atomic E-state index is -0.105. The van der Waals surface area contributed by atoms with E-state index in [-0.39, 0.29) is 23.8 Å². The Labute approximate surface area is 127 Å². The van der Waals surface area contributed by atoms with E-state index in [2.05, 4.69) is 6.92 Å². The lowest BCUT2D eigenvalue weighted by atomic mass is 9.77. The monoisotopic (exact) mass is 296 g/mol. The molecule has 2 aliphatic heterocycles. The predicted molar refractivity (Wildman–Crippen MR) is 80.7 cm³/mol. The Bertz CT molecular complexity index is 382. The van der Waals surface area contributed by atoms with Gasteiger partial charge in [0.05, 0.1) is 6.61 Å². The van der Waals surface area contributed by atoms with E-state index in [4.69, 9.17) is 0 Å². The summed E-state index contributed by atoms with van der Waals surface area (Å²) in [6.07, 6.45) is 5.94. The summed E-state index contributed by atoms with van der Waals surface area (Å²) >= 11 is 0. The Morgan fingerprint density at radius 2 is 2.14 bits per heavy atom. The van der Waals surface area contributed by atoms with Crippen molar-refractivity contribution in [3.63, 3.8) is 0 Å². The molecule has 0 aromatic carbocycles. The van der Waals surface area contributed by atoms with Crippen molar-refractivity contribution in [3.05, 3.63) is 0 Å². The summed E-state index contributed by atoms with van der Waals surface area (Å²) in [5.74, 6) is 0.306. The quantitative estimate of drug-likeness (QED) is 0.806. The highest BCUT2D eigenvalue weighted by Crippen LogP contribution is 2.34. The number of hydrogen-bond donors (Lipinski definition) is 1. The fraction of sp³-hybridized carbons (Fsp3) is 0.875. The second-order valence-corrected chi connectivity index (χ2v) is 6.56. The average Bonchev–Trinajstić information content (AvgIpc) is 2.90. The van der Waals surface area contributed by atoms with Gasteiger partial charge in [0.25, 0.3) is 0 Å². The van der Waals surface area contributed by atoms with Gasteiger partial charge in [-0.2, -0.15) is 0 Å². The van der Waals surface area contributed by atoms with Gasteiger partial charge in [0, 0.05) is 44.4 Å². The van der Waals surface area contributed by atoms with Crippen molar-refractivity contribution in [2.75, 3.05) is 32.8 Å². The zero-order chi connectivity index (χ0) is 15.3. The highest BCUT2D eigenvalue weighted by molar-refractivity contribution is 5.80. The van der Waals surface area contributed by atoms with Gasteiger partial charge in [-0.3, -0.25) is 9.59 Å². The van der Waals surface area contributed by atoms with E-state index >= 15 is 0 Å². The van der Waals surface area contributed by atoms with Crippen LogP contribution in [0.5, 0.6) is 0 Å². The molecule has 21 heavy (non-hydrogen) atoms. The van der Waals surface area contributed by atoms with Gasteiger partial charge in [-0.25, -0.2) is 0 Å². The van der Waals surface area contributed by atoms with Gasteiger partial charge < -0.3 is 14.9 Å². The number of rotatable bonds is 6. The largest absolute Gasteiger partial charge is 0.396 e. The van der Waals surface area contributed by atoms with Crippen molar-refractivity contribution < 1.29 is 14.7 Å². The Morgan fingerprint density at radius 1 is 1.33 bits per heavy atom. The molecule has 0 aromatic rings. The van der Waals surface area contributed by atoms with Crippen molar-refractivity contribution in [3.8, 4) is 0 Å². The second-order valence-electron chi connectivity index (χ2n) is 6.56. The molecule has 0 aliphatic carbocycles. The number of piperidine rings is 1. The number of carbonyl (C=O) groups is 2. The third-order valence-electron chi connectivity index (χ3n) is 4.90. The van der Waals surface area contributed by atoms with Gasteiger partial charge >= 0.3 is 0 Å². The van der Waals surface area contributed by atoms with E-state index in [0.717, 1.165) is 45.2 Å². The lowest BCUT2D eigenvalue weighted by Crippen LogP contribution is -2.48. The van der Waals surface area contributed by atoms with E-state index in [9.17, 15) is 14.7 Å². The first-order valence-electron chi connectivity index (χ1n) is 8.27. The predicted octanol–water partition coefficient (Wildman–Crippen LogP) is 1.40. The Morgan fingerprint density at radius 3 is 2.76 bits per heavy atom. The molecule has 0 spiro atoms. The van der Waals surface area contributed by atoms with Gasteiger partial charge in [0.15, 0.2) is 0 Å². The number of aliphatic hydroxyl groups is 1. The maximum atomic E-state index is 12.4. The molecular formula is C16H28N2O3. The van der Waals surface area contributed by atoms with Gasteiger partial charge in [-0.1, -0.05) is 13.3 Å². The fourth-order valence-corrected chi connectivity index (χ4v) is 3.69. The van der Waals surface area contributed by atoms with Gasteiger partial charge in [0.2, 0.25) is 11.8 Å². The molecule has 5 heteroatoms. The van der Waals surface area contributed by atoms with Gasteiger partial charge in [-0.05, 0) is 25.7 Å². The summed E-state index contributed by atoms with van der Waals surface area (Å²) in [4.78, 5) is 27.6. The number of carbonyl (C=O) groups excluding carboxylic acids is 2. The topological polar surface area (TPSA) is 60.9 Å². The van der Waals surface area contributed by atoms with Crippen LogP contribution in [0, 0.1) is 5.41 Å². The van der Waals surface area contributed by atoms with E-state index < -0.39 is 0 Å². The van der Waals surface area contributed by atoms with Crippen LogP contribution in [0.25, 0.3) is 0 Å². The Balaban J connectivity index is 1.85. The number of aliphatic hydroxyl groups excluding tert-OH is 1. The first kappa shape index (κ1) is 16.3. The van der Waals surface area contributed by atoms with Crippen molar-refractivity contribution in [1.82, 2.24) is 9.80 Å². The van der Waals surface area contributed by atoms with E-state index in [0.29, 0.717) is 25.9 Å². The summed E-state index contributed by atoms with van der Waals surface area (Å²) in [6, 6.07) is 0. The molecule has 2 heterocycles. The minimum absolute atomic E-state index is 0.105. The maximum absolute atomic E-state index is 12.4. The van der Waals surface area contributed by atoms with E-state index in [1.54, 1.807) is 4.90 Å². The Kier molecular flexibility index (Phi) is 5.62. The smallest absolute Gasteiger partial charge is 0.224 e. The summed E-state index contributed by atoms with van der Waals surface area (Å²) in [5, 5.41) is 9.72. The average molecular weight is 296 g/mol. The summed E-state index contributed by atoms with van der Waals surface area (Å²) in [5.41, 5.74) is -0.105. The maximum Gasteiger partial charge on any atom is 0.224 e. The molecule has 5 nitrogen and oxygen atoms in total. The number of hydrogen-bond acceptors (Lipinski definition) is 3. The van der Waals surface area contributed by atoms with Gasteiger partial charge in [-0.15, -0.1) is 0 Å². The van der Waals surface area contributed by atoms with Crippen LogP contribution in [-0.4, -0.2) is 59.5 Å². The van der Waals surface area contributed by atoms with Crippen LogP contribution in [-0.2, 0) is 9.59 Å². The van der Waals surface area contributed by atoms with E-state index in [1.807, 2.05) is 4.90 Å². The van der Waals surface area contributed by atoms with Crippen molar-refractivity contribution >= 4 is 11.8 Å². The highest BCUT2D eigenvalue weighted by atomic mass is 16.3. The molecule has 0 radical (unpaired) electrons. The molecule has 2 aliphatic rings. The van der Waals surface area contributed by atoms with Crippen molar-refractivity contribution in [1.29, 1.82) is 0 Å². The summed E-state index contributed by atoms with van der Waals surface area (Å²) < 4.78 is 0. The lowest BCUT2D eigenvalue weighted by molar-refractivity contribution is -0.136. The fourth-order valence-electron chi connectivity index (χ4n) is 3.69. The van der Waals surface area contributed by atoms with Crippen LogP contribution in [0.4, 0.5) is 0 Å². The first-order valence-corrected chi connectivity index (χ1v) is 8.27. The first-order chi connectivity index (χ1) is 10.1. The van der Waals surface area contributed by atoms with Crippen LogP contribution in [0.2, 0.25) is 0 Å². The highest BCUT2D eigenvalue weighted by Gasteiger charge is 2.36. The van der Waals surface area contributed by atoms with Gasteiger partial charge in [0.1, 0.15) is 0 Å². The SMILES string of the molecule is CCC[C@]1(CO)CCCN(C(=O)CCN2CCCC2=O)C1. The molecule has 120 valence electrons. The molecule has 2 amide bonds. The normalized spacial score (nSPS) is 26.5. The van der Waals surface area contributed by atoms with Crippen LogP contribution in [0.15, 0.2) is 0 Å². The molecule has 1 N–H and O–H groups in total. The second kappa shape index (κ2) is 7.25. The third-order valence-corrected chi connectivity index (χ3v) is 4.90. The van der Waals surface area contributed by atoms with E-state index in [1.165, 1.54) is 0 Å². The number of likely N-dealkylation sites (tertiary alicyclic amines) is 2. The molecule has 2 saturated heterocycles. The zero-order valence-electron chi connectivity index (χ0n) is 13.1. The molecule has 2 fully saturated rings. The van der Waals surface area contributed by atoms with Crippen LogP contribution < -0.4 is 0 Å². The summed E-state index contributed by atoms with van der Waals surface area (Å²) in [6.45, 7) is 5.09. The molecule has 0 aromatic heterocycles. The Hall–Kier alpha value is -1.10. The molecule has 2 rings (SSSR count). The van der Waals surface area contributed by atoms with Crippen LogP contribution in [0.1, 0.15) is 51.9 Å². The molecule has 0 bridgehead atoms. The third kappa shape index (κ3) is 3.96.